The molecule has 0 bridgehead atoms. The number of carbonyl (C=O) groups excluding carboxylic acids is 1. The van der Waals surface area contributed by atoms with Crippen LogP contribution < -0.4 is 11.1 Å². The number of nitrogens with one attached hydrogen (secondary N) is 1. The molecule has 1 aromatic carbocycles. The number of rotatable bonds is 4. The number of hydrogen-bond donors (Lipinski definition) is 2. The lowest BCUT2D eigenvalue weighted by atomic mass is 9.91. The number of nitrogens with two attached hydrogens (primary N) is 1. The summed E-state index contributed by atoms with van der Waals surface area (Å²) in [7, 11) is 0. The van der Waals surface area contributed by atoms with Crippen LogP contribution in [0.3, 0.4) is 0 Å². The molecule has 1 aromatic rings. The van der Waals surface area contributed by atoms with Gasteiger partial charge in [0.05, 0.1) is 6.54 Å². The summed E-state index contributed by atoms with van der Waals surface area (Å²) in [5, 5.41) is 2.95. The van der Waals surface area contributed by atoms with Gasteiger partial charge in [-0.25, -0.2) is 0 Å². The molecule has 0 saturated carbocycles. The molecule has 1 fully saturated rings. The van der Waals surface area contributed by atoms with Crippen LogP contribution in [0.15, 0.2) is 24.3 Å². The van der Waals surface area contributed by atoms with Gasteiger partial charge in [-0.3, -0.25) is 9.69 Å². The third-order valence-corrected chi connectivity index (χ3v) is 4.08. The highest BCUT2D eigenvalue weighted by Crippen LogP contribution is 2.19. The van der Waals surface area contributed by atoms with Crippen molar-refractivity contribution in [2.24, 2.45) is 11.7 Å². The zero-order chi connectivity index (χ0) is 14.5. The maximum absolute atomic E-state index is 12.0. The lowest BCUT2D eigenvalue weighted by molar-refractivity contribution is -0.117. The molecule has 1 heterocycles. The summed E-state index contributed by atoms with van der Waals surface area (Å²) in [6.45, 7) is 6.51. The molecule has 1 saturated heterocycles. The van der Waals surface area contributed by atoms with Crippen LogP contribution in [0.1, 0.15) is 25.3 Å². The van der Waals surface area contributed by atoms with Crippen molar-refractivity contribution in [3.05, 3.63) is 29.8 Å². The zero-order valence-corrected chi connectivity index (χ0v) is 12.4. The summed E-state index contributed by atoms with van der Waals surface area (Å²) in [4.78, 5) is 14.2. The largest absolute Gasteiger partial charge is 0.328 e. The minimum atomic E-state index is 0.0631. The Hall–Kier alpha value is -1.39. The molecule has 4 heteroatoms. The third-order valence-electron chi connectivity index (χ3n) is 4.08. The molecule has 1 unspecified atom stereocenters. The van der Waals surface area contributed by atoms with Crippen molar-refractivity contribution in [2.75, 3.05) is 25.0 Å². The van der Waals surface area contributed by atoms with E-state index in [1.807, 2.05) is 31.2 Å². The van der Waals surface area contributed by atoms with Gasteiger partial charge in [0, 0.05) is 11.7 Å². The van der Waals surface area contributed by atoms with Gasteiger partial charge < -0.3 is 11.1 Å². The Labute approximate surface area is 121 Å². The van der Waals surface area contributed by atoms with E-state index in [1.165, 1.54) is 5.56 Å². The van der Waals surface area contributed by atoms with Gasteiger partial charge in [-0.1, -0.05) is 17.7 Å². The van der Waals surface area contributed by atoms with Gasteiger partial charge in [-0.15, -0.1) is 0 Å². The molecule has 3 N–H and O–H groups in total. The van der Waals surface area contributed by atoms with E-state index >= 15 is 0 Å². The number of nitrogens with zero attached hydrogens (tertiary/aromatic N) is 1. The summed E-state index contributed by atoms with van der Waals surface area (Å²) in [5.74, 6) is 0.666. The minimum Gasteiger partial charge on any atom is -0.328 e. The Kier molecular flexibility index (Phi) is 5.15. The van der Waals surface area contributed by atoms with Gasteiger partial charge in [0.1, 0.15) is 0 Å². The molecule has 2 rings (SSSR count). The monoisotopic (exact) mass is 275 g/mol. The first-order valence-corrected chi connectivity index (χ1v) is 7.39. The van der Waals surface area contributed by atoms with Crippen molar-refractivity contribution in [1.82, 2.24) is 4.90 Å². The van der Waals surface area contributed by atoms with Crippen LogP contribution in [0.2, 0.25) is 0 Å². The number of benzene rings is 1. The molecule has 20 heavy (non-hydrogen) atoms. The number of anilines is 1. The standard InChI is InChI=1S/C16H25N3O/c1-12-3-5-15(6-4-12)18-16(20)11-19-9-7-14(8-10-19)13(2)17/h3-6,13-14H,7-11,17H2,1-2H3,(H,18,20). The molecule has 1 aliphatic heterocycles. The summed E-state index contributed by atoms with van der Waals surface area (Å²) >= 11 is 0. The third kappa shape index (κ3) is 4.32. The van der Waals surface area contributed by atoms with Crippen LogP contribution >= 0.6 is 0 Å². The van der Waals surface area contributed by atoms with E-state index in [1.54, 1.807) is 0 Å². The molecule has 1 amide bonds. The van der Waals surface area contributed by atoms with Gasteiger partial charge in [0.15, 0.2) is 0 Å². The van der Waals surface area contributed by atoms with Gasteiger partial charge in [0.25, 0.3) is 0 Å². The zero-order valence-electron chi connectivity index (χ0n) is 12.4. The number of hydrogen-bond acceptors (Lipinski definition) is 3. The molecule has 0 aromatic heterocycles. The Morgan fingerprint density at radius 3 is 2.50 bits per heavy atom. The van der Waals surface area contributed by atoms with Crippen molar-refractivity contribution < 1.29 is 4.79 Å². The number of piperidine rings is 1. The number of likely N-dealkylation sites (tertiary alicyclic amines) is 1. The summed E-state index contributed by atoms with van der Waals surface area (Å²) in [6, 6.07) is 8.15. The summed E-state index contributed by atoms with van der Waals surface area (Å²) < 4.78 is 0. The topological polar surface area (TPSA) is 58.4 Å². The SMILES string of the molecule is Cc1ccc(NC(=O)CN2CCC(C(C)N)CC2)cc1. The average molecular weight is 275 g/mol. The maximum Gasteiger partial charge on any atom is 0.238 e. The van der Waals surface area contributed by atoms with Crippen LogP contribution in [-0.4, -0.2) is 36.5 Å². The van der Waals surface area contributed by atoms with E-state index in [2.05, 4.69) is 17.1 Å². The van der Waals surface area contributed by atoms with Crippen LogP contribution in [0.25, 0.3) is 0 Å². The first-order valence-electron chi connectivity index (χ1n) is 7.39. The Bertz CT molecular complexity index is 434. The predicted molar refractivity (Wildman–Crippen MR) is 82.6 cm³/mol. The molecule has 1 aliphatic rings. The van der Waals surface area contributed by atoms with E-state index in [9.17, 15) is 4.79 Å². The lowest BCUT2D eigenvalue weighted by Gasteiger charge is -2.33. The predicted octanol–water partition coefficient (Wildman–Crippen LogP) is 1.99. The Balaban J connectivity index is 1.77. The number of carbonyl (C=O) groups is 1. The molecular weight excluding hydrogens is 250 g/mol. The molecule has 0 spiro atoms. The molecular formula is C16H25N3O. The van der Waals surface area contributed by atoms with Crippen molar-refractivity contribution in [3.63, 3.8) is 0 Å². The summed E-state index contributed by atoms with van der Waals surface area (Å²) in [6.07, 6.45) is 2.19. The van der Waals surface area contributed by atoms with Crippen molar-refractivity contribution >= 4 is 11.6 Å². The normalized spacial score (nSPS) is 18.8. The van der Waals surface area contributed by atoms with E-state index in [0.717, 1.165) is 31.6 Å². The lowest BCUT2D eigenvalue weighted by Crippen LogP contribution is -2.42. The minimum absolute atomic E-state index is 0.0631. The Morgan fingerprint density at radius 2 is 1.95 bits per heavy atom. The second kappa shape index (κ2) is 6.86. The second-order valence-corrected chi connectivity index (χ2v) is 5.89. The molecule has 4 nitrogen and oxygen atoms in total. The van der Waals surface area contributed by atoms with Crippen molar-refractivity contribution in [1.29, 1.82) is 0 Å². The number of aryl methyl sites for hydroxylation is 1. The molecule has 1 atom stereocenters. The molecule has 110 valence electrons. The highest BCUT2D eigenvalue weighted by molar-refractivity contribution is 5.92. The van der Waals surface area contributed by atoms with Crippen molar-refractivity contribution in [3.8, 4) is 0 Å². The second-order valence-electron chi connectivity index (χ2n) is 5.89. The van der Waals surface area contributed by atoms with E-state index < -0.39 is 0 Å². The van der Waals surface area contributed by atoms with Crippen LogP contribution in [0.5, 0.6) is 0 Å². The fourth-order valence-corrected chi connectivity index (χ4v) is 2.68. The Morgan fingerprint density at radius 1 is 1.35 bits per heavy atom. The first kappa shape index (κ1) is 15.0. The van der Waals surface area contributed by atoms with Gasteiger partial charge in [0.2, 0.25) is 5.91 Å². The van der Waals surface area contributed by atoms with E-state index in [-0.39, 0.29) is 11.9 Å². The van der Waals surface area contributed by atoms with E-state index in [4.69, 9.17) is 5.73 Å². The van der Waals surface area contributed by atoms with E-state index in [0.29, 0.717) is 12.5 Å². The smallest absolute Gasteiger partial charge is 0.238 e. The first-order chi connectivity index (χ1) is 9.54. The van der Waals surface area contributed by atoms with Crippen molar-refractivity contribution in [2.45, 2.75) is 32.7 Å². The fraction of sp³-hybridized carbons (Fsp3) is 0.562. The fourth-order valence-electron chi connectivity index (χ4n) is 2.68. The maximum atomic E-state index is 12.0. The van der Waals surface area contributed by atoms with Gasteiger partial charge in [-0.2, -0.15) is 0 Å². The van der Waals surface area contributed by atoms with Gasteiger partial charge in [-0.05, 0) is 57.8 Å². The van der Waals surface area contributed by atoms with Gasteiger partial charge >= 0.3 is 0 Å². The highest BCUT2D eigenvalue weighted by Gasteiger charge is 2.22. The number of amides is 1. The van der Waals surface area contributed by atoms with Crippen LogP contribution in [-0.2, 0) is 4.79 Å². The van der Waals surface area contributed by atoms with Crippen LogP contribution in [0, 0.1) is 12.8 Å². The molecule has 0 aliphatic carbocycles. The summed E-state index contributed by atoms with van der Waals surface area (Å²) in [5.41, 5.74) is 7.99. The van der Waals surface area contributed by atoms with Crippen LogP contribution in [0.4, 0.5) is 5.69 Å². The highest BCUT2D eigenvalue weighted by atomic mass is 16.2. The quantitative estimate of drug-likeness (QED) is 0.883. The molecule has 0 radical (unpaired) electrons. The average Bonchev–Trinajstić information content (AvgIpc) is 2.42.